The molecule has 4 heterocycles. The zero-order valence-corrected chi connectivity index (χ0v) is 57.9. The Kier molecular flexibility index (Phi) is 13.3. The Labute approximate surface area is 555 Å². The summed E-state index contributed by atoms with van der Waals surface area (Å²) in [6.45, 7) is 8.62. The van der Waals surface area contributed by atoms with Gasteiger partial charge in [-0.1, -0.05) is 197 Å². The van der Waals surface area contributed by atoms with Gasteiger partial charge in [0.15, 0.2) is 28.6 Å². The molecule has 12 aromatic rings. The van der Waals surface area contributed by atoms with Gasteiger partial charge in [-0.3, -0.25) is 0 Å². The molecule has 0 radical (unpaired) electrons. The standard InChI is InChI=1S/C39H28O6P2S2.C39H28O2P2S2/c1-39(2)29-23-25(46(40)31-11-3-7-15-35(31)48(42,43)36-16-8-4-12-32(36)46)19-21-27(29)28-22-20-26(24-30(28)39)47(41)33-13-5-9-17-37(33)49(44,45)38-18-10-6-14-34(38)47;1-39(2)29-23-25(42(40)31-11-3-7-15-35(31)44-36-16-8-4-12-32(36)42)19-21-27(29)28-22-20-26(24-30(28)39)43(41)33-13-5-9-17-37(33)45-38-18-10-6-14-34(38)43/h3-24H,1-2H3;3-24H,1-2H3. The topological polar surface area (TPSA) is 137 Å². The smallest absolute Gasteiger partial charge is 0.208 e. The van der Waals surface area contributed by atoms with E-state index in [-0.39, 0.29) is 25.0 Å². The van der Waals surface area contributed by atoms with Crippen molar-refractivity contribution in [3.63, 3.8) is 0 Å². The third-order valence-corrected chi connectivity index (χ3v) is 39.8. The molecule has 16 heteroatoms. The molecule has 0 unspecified atom stereocenters. The fourth-order valence-electron chi connectivity index (χ4n) is 15.3. The molecular weight excluding hydrogens is 1320 g/mol. The minimum atomic E-state index is -3.87. The van der Waals surface area contributed by atoms with Gasteiger partial charge in [0.1, 0.15) is 0 Å². The summed E-state index contributed by atoms with van der Waals surface area (Å²) in [6.07, 6.45) is 0. The van der Waals surface area contributed by atoms with Gasteiger partial charge >= 0.3 is 0 Å². The lowest BCUT2D eigenvalue weighted by Gasteiger charge is -2.30. The number of fused-ring (bicyclic) bond motifs is 14. The van der Waals surface area contributed by atoms with Crippen LogP contribution in [0.1, 0.15) is 49.9 Å². The highest BCUT2D eigenvalue weighted by Crippen LogP contribution is 2.59. The fraction of sp³-hybridized carbons (Fsp3) is 0.0769. The lowest BCUT2D eigenvalue weighted by atomic mass is 9.82. The number of hydrogen-bond donors (Lipinski definition) is 0. The van der Waals surface area contributed by atoms with E-state index in [1.807, 2.05) is 109 Å². The van der Waals surface area contributed by atoms with E-state index >= 15 is 18.3 Å². The van der Waals surface area contributed by atoms with Crippen LogP contribution in [0.5, 0.6) is 0 Å². The summed E-state index contributed by atoms with van der Waals surface area (Å²) >= 11 is 3.40. The summed E-state index contributed by atoms with van der Waals surface area (Å²) in [4.78, 5) is 4.47. The first-order valence-electron chi connectivity index (χ1n) is 30.8. The maximum absolute atomic E-state index is 15.5. The molecule has 0 spiro atoms. The predicted octanol–water partition coefficient (Wildman–Crippen LogP) is 13.8. The van der Waals surface area contributed by atoms with Crippen molar-refractivity contribution in [2.75, 3.05) is 0 Å². The van der Waals surface area contributed by atoms with Crippen LogP contribution >= 0.6 is 52.1 Å². The Morgan fingerprint density at radius 2 is 0.447 bits per heavy atom. The van der Waals surface area contributed by atoms with Crippen LogP contribution in [-0.2, 0) is 48.8 Å². The molecule has 12 aromatic carbocycles. The van der Waals surface area contributed by atoms with Crippen molar-refractivity contribution in [3.05, 3.63) is 289 Å². The lowest BCUT2D eigenvalue weighted by molar-refractivity contribution is 0.585. The normalized spacial score (nSPS) is 18.1. The Bertz CT molecular complexity index is 5290. The molecular formula is C78H56O8P4S4. The van der Waals surface area contributed by atoms with Crippen molar-refractivity contribution in [3.8, 4) is 22.3 Å². The molecule has 0 fully saturated rings. The molecule has 0 atom stereocenters. The SMILES string of the molecule is CC1(C)c2cc(P3(=O)c4ccccc4S(=O)(=O)c4ccccc43)ccc2-c2ccc(P3(=O)c4ccccc4S(=O)(=O)c4ccccc43)cc21.CC1(C)c2cc(P3(=O)c4ccccc4Sc4ccccc43)ccc2-c2ccc(P3(=O)c4ccccc4Sc4ccccc43)cc21. The van der Waals surface area contributed by atoms with Gasteiger partial charge < -0.3 is 18.3 Å². The summed E-state index contributed by atoms with van der Waals surface area (Å²) in [6, 6.07) is 83.1. The second-order valence-corrected chi connectivity index (χ2v) is 42.3. The molecule has 0 saturated carbocycles. The average Bonchev–Trinajstić information content (AvgIpc) is 1.05. The minimum absolute atomic E-state index is 0.0597. The van der Waals surface area contributed by atoms with E-state index in [9.17, 15) is 16.8 Å². The Hall–Kier alpha value is -7.84. The number of sulfone groups is 2. The zero-order chi connectivity index (χ0) is 64.7. The van der Waals surface area contributed by atoms with Crippen molar-refractivity contribution >= 4 is 135 Å². The van der Waals surface area contributed by atoms with Crippen LogP contribution in [0, 0.1) is 0 Å². The van der Waals surface area contributed by atoms with Gasteiger partial charge in [0.05, 0.1) is 19.6 Å². The number of hydrogen-bond acceptors (Lipinski definition) is 10. The Morgan fingerprint density at radius 3 is 0.681 bits per heavy atom. The summed E-state index contributed by atoms with van der Waals surface area (Å²) in [5.41, 5.74) is 7.35. The van der Waals surface area contributed by atoms with Gasteiger partial charge in [0, 0.05) is 94.1 Å². The molecule has 18 rings (SSSR count). The lowest BCUT2D eigenvalue weighted by Crippen LogP contribution is -2.36. The van der Waals surface area contributed by atoms with Crippen molar-refractivity contribution in [2.45, 2.75) is 77.7 Å². The van der Waals surface area contributed by atoms with Gasteiger partial charge in [-0.2, -0.15) is 0 Å². The van der Waals surface area contributed by atoms with Crippen LogP contribution in [0.15, 0.2) is 306 Å². The molecule has 0 aromatic heterocycles. The highest BCUT2D eigenvalue weighted by Gasteiger charge is 2.49. The van der Waals surface area contributed by atoms with Crippen molar-refractivity contribution < 1.29 is 35.1 Å². The molecule has 8 nitrogen and oxygen atoms in total. The van der Waals surface area contributed by atoms with Crippen LogP contribution in [0.3, 0.4) is 0 Å². The summed E-state index contributed by atoms with van der Waals surface area (Å²) in [5, 5.41) is 7.64. The van der Waals surface area contributed by atoms with Crippen LogP contribution in [-0.4, -0.2) is 16.8 Å². The third kappa shape index (κ3) is 8.09. The molecule has 0 bridgehead atoms. The van der Waals surface area contributed by atoms with E-state index in [4.69, 9.17) is 0 Å². The summed E-state index contributed by atoms with van der Waals surface area (Å²) in [7, 11) is -21.2. The molecule has 94 heavy (non-hydrogen) atoms. The molecule has 460 valence electrons. The van der Waals surface area contributed by atoms with Crippen molar-refractivity contribution in [1.29, 1.82) is 0 Å². The van der Waals surface area contributed by atoms with Gasteiger partial charge in [-0.25, -0.2) is 16.8 Å². The first-order chi connectivity index (χ1) is 45.1. The van der Waals surface area contributed by atoms with Crippen LogP contribution in [0.2, 0.25) is 0 Å². The van der Waals surface area contributed by atoms with E-state index in [1.54, 1.807) is 96.3 Å². The van der Waals surface area contributed by atoms with E-state index in [1.165, 1.54) is 24.3 Å². The second kappa shape index (κ2) is 20.8. The molecule has 0 N–H and O–H groups in total. The Balaban J connectivity index is 0.000000144. The maximum Gasteiger partial charge on any atom is 0.208 e. The van der Waals surface area contributed by atoms with Gasteiger partial charge in [0.25, 0.3) is 0 Å². The summed E-state index contributed by atoms with van der Waals surface area (Å²) < 4.78 is 116. The number of rotatable bonds is 4. The van der Waals surface area contributed by atoms with Gasteiger partial charge in [-0.05, 0) is 166 Å². The fourth-order valence-corrected chi connectivity index (χ4v) is 36.1. The first kappa shape index (κ1) is 59.9. The molecule has 4 aliphatic heterocycles. The van der Waals surface area contributed by atoms with Crippen molar-refractivity contribution in [1.82, 2.24) is 0 Å². The maximum atomic E-state index is 15.5. The van der Waals surface area contributed by atoms with Gasteiger partial charge in [0.2, 0.25) is 19.7 Å². The second-order valence-electron chi connectivity index (χ2n) is 25.6. The highest BCUT2D eigenvalue weighted by atomic mass is 32.2. The Morgan fingerprint density at radius 1 is 0.255 bits per heavy atom. The van der Waals surface area contributed by atoms with Crippen LogP contribution in [0.4, 0.5) is 0 Å². The molecule has 0 saturated heterocycles. The third-order valence-electron chi connectivity index (χ3n) is 20.0. The largest absolute Gasteiger partial charge is 0.309 e. The monoisotopic (exact) mass is 1370 g/mol. The molecule has 0 amide bonds. The predicted molar refractivity (Wildman–Crippen MR) is 385 cm³/mol. The van der Waals surface area contributed by atoms with Crippen LogP contribution in [0.25, 0.3) is 22.3 Å². The molecule has 2 aliphatic carbocycles. The van der Waals surface area contributed by atoms with Gasteiger partial charge in [-0.15, -0.1) is 0 Å². The van der Waals surface area contributed by atoms with Crippen molar-refractivity contribution in [2.24, 2.45) is 0 Å². The minimum Gasteiger partial charge on any atom is -0.309 e. The first-order valence-corrected chi connectivity index (χ1v) is 42.2. The van der Waals surface area contributed by atoms with E-state index in [2.05, 4.69) is 88.4 Å². The quantitative estimate of drug-likeness (QED) is 0.157. The van der Waals surface area contributed by atoms with Crippen LogP contribution < -0.4 is 63.7 Å². The van der Waals surface area contributed by atoms with E-state index in [0.29, 0.717) is 31.8 Å². The molecule has 6 aliphatic rings. The zero-order valence-electron chi connectivity index (χ0n) is 51.1. The number of benzene rings is 12. The van der Waals surface area contributed by atoms with E-state index < -0.39 is 53.7 Å². The highest BCUT2D eigenvalue weighted by molar-refractivity contribution is 8.03. The average molecular weight is 1370 g/mol. The van der Waals surface area contributed by atoms with E-state index in [0.717, 1.165) is 95.9 Å². The summed E-state index contributed by atoms with van der Waals surface area (Å²) in [5.74, 6) is 0.